The van der Waals surface area contributed by atoms with Gasteiger partial charge in [0, 0.05) is 65.3 Å². The maximum Gasteiger partial charge on any atom is 0.0491 e. The van der Waals surface area contributed by atoms with Crippen LogP contribution in [-0.4, -0.2) is 19.9 Å². The van der Waals surface area contributed by atoms with Crippen LogP contribution in [0.1, 0.15) is 141 Å². The van der Waals surface area contributed by atoms with E-state index in [-0.39, 0.29) is 5.92 Å². The summed E-state index contributed by atoms with van der Waals surface area (Å²) in [5.74, 6) is 2.16. The normalized spacial score (nSPS) is 13.0. The van der Waals surface area contributed by atoms with Crippen LogP contribution in [-0.2, 0) is 0 Å². The molecule has 4 heterocycles. The minimum Gasteiger partial charge on any atom is -0.261 e. The Kier molecular flexibility index (Phi) is 23.4. The molecule has 0 saturated heterocycles. The zero-order valence-corrected chi connectivity index (χ0v) is 31.3. The van der Waals surface area contributed by atoms with Gasteiger partial charge in [0.15, 0.2) is 0 Å². The Hall–Kier alpha value is -4.18. The van der Waals surface area contributed by atoms with E-state index in [4.69, 9.17) is 0 Å². The predicted octanol–water partition coefficient (Wildman–Crippen LogP) is 12.7. The van der Waals surface area contributed by atoms with Crippen molar-refractivity contribution in [3.63, 3.8) is 0 Å². The summed E-state index contributed by atoms with van der Waals surface area (Å²) in [6, 6.07) is 34.7. The average Bonchev–Trinajstić information content (AvgIpc) is 3.22. The van der Waals surface area contributed by atoms with Crippen LogP contribution in [0.2, 0.25) is 0 Å². The summed E-state index contributed by atoms with van der Waals surface area (Å²) in [6.07, 6.45) is 14.5. The van der Waals surface area contributed by atoms with Crippen LogP contribution < -0.4 is 0 Å². The molecule has 1 aliphatic rings. The minimum atomic E-state index is 0.261. The minimum absolute atomic E-state index is 0.261. The molecule has 0 bridgehead atoms. The first kappa shape index (κ1) is 41.8. The second-order valence-electron chi connectivity index (χ2n) is 11.1. The van der Waals surface area contributed by atoms with Gasteiger partial charge in [-0.25, -0.2) is 0 Å². The third-order valence-electron chi connectivity index (χ3n) is 8.21. The predicted molar refractivity (Wildman–Crippen MR) is 207 cm³/mol. The van der Waals surface area contributed by atoms with Crippen molar-refractivity contribution in [3.05, 3.63) is 156 Å². The molecular weight excluding hydrogens is 585 g/mol. The Balaban J connectivity index is 0.000000333. The van der Waals surface area contributed by atoms with Gasteiger partial charge in [-0.1, -0.05) is 136 Å². The van der Waals surface area contributed by atoms with Gasteiger partial charge < -0.3 is 0 Å². The summed E-state index contributed by atoms with van der Waals surface area (Å²) in [5.41, 5.74) is 5.83. The van der Waals surface area contributed by atoms with Crippen molar-refractivity contribution in [2.45, 2.75) is 112 Å². The van der Waals surface area contributed by atoms with Crippen LogP contribution in [0, 0.1) is 5.92 Å². The van der Waals surface area contributed by atoms with Gasteiger partial charge in [0.1, 0.15) is 0 Å². The van der Waals surface area contributed by atoms with Crippen LogP contribution >= 0.6 is 0 Å². The lowest BCUT2D eigenvalue weighted by Crippen LogP contribution is -2.14. The van der Waals surface area contributed by atoms with E-state index < -0.39 is 0 Å². The van der Waals surface area contributed by atoms with Crippen LogP contribution in [0.4, 0.5) is 0 Å². The van der Waals surface area contributed by atoms with Crippen molar-refractivity contribution in [2.24, 2.45) is 5.92 Å². The van der Waals surface area contributed by atoms with E-state index in [2.05, 4.69) is 83.2 Å². The second kappa shape index (κ2) is 26.8. The van der Waals surface area contributed by atoms with Gasteiger partial charge in [-0.15, -0.1) is 0 Å². The largest absolute Gasteiger partial charge is 0.261 e. The Bertz CT molecular complexity index is 1220. The number of rotatable bonds is 6. The number of benzene rings is 1. The molecule has 0 N–H and O–H groups in total. The van der Waals surface area contributed by atoms with Gasteiger partial charge in [0.25, 0.3) is 0 Å². The molecule has 4 heteroatoms. The summed E-state index contributed by atoms with van der Waals surface area (Å²) in [4.78, 5) is 17.4. The summed E-state index contributed by atoms with van der Waals surface area (Å²) in [5, 5.41) is 0. The molecule has 2 unspecified atom stereocenters. The molecule has 0 spiro atoms. The molecular formula is C44H62N4. The molecule has 1 aromatic carbocycles. The van der Waals surface area contributed by atoms with E-state index in [9.17, 15) is 0 Å². The molecule has 1 fully saturated rings. The highest BCUT2D eigenvalue weighted by Gasteiger charge is 2.21. The van der Waals surface area contributed by atoms with E-state index in [1.165, 1.54) is 43.4 Å². The van der Waals surface area contributed by atoms with Crippen molar-refractivity contribution in [1.29, 1.82) is 0 Å². The quantitative estimate of drug-likeness (QED) is 0.184. The van der Waals surface area contributed by atoms with Crippen LogP contribution in [0.15, 0.2) is 128 Å². The topological polar surface area (TPSA) is 51.6 Å². The standard InChI is InChI=1S/C13H19N.C13H13N.C12H12N2.3C2H6/c2*1-11(12-7-3-2-4-8-12)13-9-5-6-10-14-13;1-10(11-6-2-4-8-13-11)12-7-3-5-9-14-12;3*1-2/h5-6,9-12H,2-4,7-8H2,1H3;2-11H,1H3;2-10H,1H3;3*1-2H3. The van der Waals surface area contributed by atoms with Gasteiger partial charge in [-0.2, -0.15) is 0 Å². The van der Waals surface area contributed by atoms with E-state index in [0.717, 1.165) is 23.0 Å². The van der Waals surface area contributed by atoms with Gasteiger partial charge in [0.05, 0.1) is 0 Å². The van der Waals surface area contributed by atoms with E-state index >= 15 is 0 Å². The summed E-state index contributed by atoms with van der Waals surface area (Å²) < 4.78 is 0. The fraction of sp³-hybridized carbons (Fsp3) is 0.409. The molecule has 258 valence electrons. The zero-order chi connectivity index (χ0) is 35.4. The fourth-order valence-corrected chi connectivity index (χ4v) is 5.48. The lowest BCUT2D eigenvalue weighted by Gasteiger charge is -2.27. The molecule has 1 saturated carbocycles. The first-order chi connectivity index (χ1) is 23.6. The van der Waals surface area contributed by atoms with Crippen molar-refractivity contribution in [3.8, 4) is 0 Å². The first-order valence-corrected chi connectivity index (χ1v) is 18.3. The third-order valence-corrected chi connectivity index (χ3v) is 8.21. The highest BCUT2D eigenvalue weighted by Crippen LogP contribution is 2.34. The Morgan fingerprint density at radius 2 is 0.771 bits per heavy atom. The maximum absolute atomic E-state index is 4.45. The molecule has 4 aromatic heterocycles. The highest BCUT2D eigenvalue weighted by atomic mass is 14.7. The van der Waals surface area contributed by atoms with E-state index in [1.54, 1.807) is 0 Å². The number of aromatic nitrogens is 4. The lowest BCUT2D eigenvalue weighted by molar-refractivity contribution is 0.313. The van der Waals surface area contributed by atoms with Crippen molar-refractivity contribution < 1.29 is 0 Å². The molecule has 0 amide bonds. The van der Waals surface area contributed by atoms with E-state index in [0.29, 0.717) is 11.8 Å². The molecule has 4 nitrogen and oxygen atoms in total. The molecule has 2 atom stereocenters. The van der Waals surface area contributed by atoms with Gasteiger partial charge in [0.2, 0.25) is 0 Å². The molecule has 6 rings (SSSR count). The maximum atomic E-state index is 4.45. The Labute approximate surface area is 293 Å². The molecule has 48 heavy (non-hydrogen) atoms. The SMILES string of the molecule is CC.CC.CC.CC(c1ccccc1)c1ccccn1.CC(c1ccccn1)C1CCCCC1.CC(c1ccccn1)c1ccccn1. The van der Waals surface area contributed by atoms with Crippen molar-refractivity contribution >= 4 is 0 Å². The fourth-order valence-electron chi connectivity index (χ4n) is 5.48. The van der Waals surface area contributed by atoms with Crippen LogP contribution in [0.5, 0.6) is 0 Å². The van der Waals surface area contributed by atoms with Gasteiger partial charge in [-0.3, -0.25) is 19.9 Å². The molecule has 0 aliphatic heterocycles. The number of pyridine rings is 4. The summed E-state index contributed by atoms with van der Waals surface area (Å²) in [7, 11) is 0. The number of nitrogens with zero attached hydrogens (tertiary/aromatic N) is 4. The molecule has 5 aromatic rings. The summed E-state index contributed by atoms with van der Waals surface area (Å²) in [6.45, 7) is 18.6. The third kappa shape index (κ3) is 15.2. The molecule has 0 radical (unpaired) electrons. The monoisotopic (exact) mass is 646 g/mol. The smallest absolute Gasteiger partial charge is 0.0491 e. The number of hydrogen-bond acceptors (Lipinski definition) is 4. The average molecular weight is 647 g/mol. The van der Waals surface area contributed by atoms with Crippen molar-refractivity contribution in [1.82, 2.24) is 19.9 Å². The van der Waals surface area contributed by atoms with Crippen molar-refractivity contribution in [2.75, 3.05) is 0 Å². The molecule has 1 aliphatic carbocycles. The van der Waals surface area contributed by atoms with Gasteiger partial charge >= 0.3 is 0 Å². The first-order valence-electron chi connectivity index (χ1n) is 18.3. The van der Waals surface area contributed by atoms with Gasteiger partial charge in [-0.05, 0) is 72.9 Å². The Morgan fingerprint density at radius 1 is 0.417 bits per heavy atom. The van der Waals surface area contributed by atoms with Crippen LogP contribution in [0.3, 0.4) is 0 Å². The Morgan fingerprint density at radius 3 is 1.15 bits per heavy atom. The lowest BCUT2D eigenvalue weighted by atomic mass is 9.79. The summed E-state index contributed by atoms with van der Waals surface area (Å²) >= 11 is 0. The highest BCUT2D eigenvalue weighted by molar-refractivity contribution is 5.27. The number of hydrogen-bond donors (Lipinski definition) is 0. The second-order valence-corrected chi connectivity index (χ2v) is 11.1. The van der Waals surface area contributed by atoms with E-state index in [1.807, 2.05) is 127 Å². The van der Waals surface area contributed by atoms with Crippen LogP contribution in [0.25, 0.3) is 0 Å². The zero-order valence-electron chi connectivity index (χ0n) is 31.3.